The Bertz CT molecular complexity index is 526. The lowest BCUT2D eigenvalue weighted by atomic mass is 10.5. The lowest BCUT2D eigenvalue weighted by molar-refractivity contribution is 0.0587. The highest BCUT2D eigenvalue weighted by Crippen LogP contribution is 2.09. The molecule has 2 aromatic heterocycles. The molecule has 0 saturated carbocycles. The van der Waals surface area contributed by atoms with Crippen molar-refractivity contribution < 1.29 is 9.53 Å². The fourth-order valence-electron chi connectivity index (χ4n) is 1.08. The maximum atomic E-state index is 11.1. The molecule has 0 N–H and O–H groups in total. The van der Waals surface area contributed by atoms with Crippen LogP contribution >= 0.6 is 15.9 Å². The standard InChI is InChI=1S/C9H7BrN4O2/c1-16-9(15)8-11-5-14(13-8)7-4-2-3-6(10)12-7/h2-5H,1H3. The van der Waals surface area contributed by atoms with Crippen LogP contribution in [0.3, 0.4) is 0 Å². The minimum absolute atomic E-state index is 0.00396. The Morgan fingerprint density at radius 1 is 1.50 bits per heavy atom. The molecule has 2 aromatic rings. The number of aromatic nitrogens is 4. The summed E-state index contributed by atoms with van der Waals surface area (Å²) >= 11 is 3.24. The van der Waals surface area contributed by atoms with Gasteiger partial charge in [-0.15, -0.1) is 5.10 Å². The number of halogens is 1. The quantitative estimate of drug-likeness (QED) is 0.612. The van der Waals surface area contributed by atoms with Crippen molar-refractivity contribution in [1.29, 1.82) is 0 Å². The van der Waals surface area contributed by atoms with Gasteiger partial charge in [0, 0.05) is 0 Å². The normalized spacial score (nSPS) is 10.1. The van der Waals surface area contributed by atoms with Crippen LogP contribution in [-0.4, -0.2) is 32.8 Å². The lowest BCUT2D eigenvalue weighted by Gasteiger charge is -1.98. The van der Waals surface area contributed by atoms with Crippen molar-refractivity contribution in [1.82, 2.24) is 19.7 Å². The maximum absolute atomic E-state index is 11.1. The van der Waals surface area contributed by atoms with Gasteiger partial charge in [0.15, 0.2) is 5.82 Å². The molecular formula is C9H7BrN4O2. The molecule has 0 amide bonds. The van der Waals surface area contributed by atoms with E-state index in [9.17, 15) is 4.79 Å². The van der Waals surface area contributed by atoms with E-state index in [1.165, 1.54) is 18.1 Å². The second-order valence-electron chi connectivity index (χ2n) is 2.82. The van der Waals surface area contributed by atoms with E-state index in [0.29, 0.717) is 10.4 Å². The van der Waals surface area contributed by atoms with Crippen molar-refractivity contribution in [2.45, 2.75) is 0 Å². The highest BCUT2D eigenvalue weighted by atomic mass is 79.9. The Kier molecular flexibility index (Phi) is 2.95. The molecule has 82 valence electrons. The predicted octanol–water partition coefficient (Wildman–Crippen LogP) is 1.21. The summed E-state index contributed by atoms with van der Waals surface area (Å²) in [4.78, 5) is 19.1. The topological polar surface area (TPSA) is 69.9 Å². The van der Waals surface area contributed by atoms with E-state index < -0.39 is 5.97 Å². The van der Waals surface area contributed by atoms with Crippen molar-refractivity contribution in [3.8, 4) is 5.82 Å². The molecular weight excluding hydrogens is 276 g/mol. The van der Waals surface area contributed by atoms with Crippen molar-refractivity contribution in [2.24, 2.45) is 0 Å². The van der Waals surface area contributed by atoms with E-state index in [1.54, 1.807) is 12.1 Å². The molecule has 0 spiro atoms. The second kappa shape index (κ2) is 4.40. The summed E-state index contributed by atoms with van der Waals surface area (Å²) in [7, 11) is 1.28. The monoisotopic (exact) mass is 282 g/mol. The number of rotatable bonds is 2. The first-order valence-electron chi connectivity index (χ1n) is 4.33. The summed E-state index contributed by atoms with van der Waals surface area (Å²) < 4.78 is 6.58. The number of hydrogen-bond acceptors (Lipinski definition) is 5. The largest absolute Gasteiger partial charge is 0.463 e. The molecule has 2 heterocycles. The molecule has 0 fully saturated rings. The number of carbonyl (C=O) groups excluding carboxylic acids is 1. The summed E-state index contributed by atoms with van der Waals surface area (Å²) in [5.41, 5.74) is 0. The minimum atomic E-state index is -0.575. The van der Waals surface area contributed by atoms with E-state index in [1.807, 2.05) is 6.07 Å². The summed E-state index contributed by atoms with van der Waals surface area (Å²) in [6.45, 7) is 0. The zero-order valence-electron chi connectivity index (χ0n) is 8.29. The molecule has 0 aliphatic heterocycles. The van der Waals surface area contributed by atoms with Crippen molar-refractivity contribution in [2.75, 3.05) is 7.11 Å². The third-order valence-electron chi connectivity index (χ3n) is 1.79. The zero-order valence-corrected chi connectivity index (χ0v) is 9.88. The molecule has 0 bridgehead atoms. The fraction of sp³-hybridized carbons (Fsp3) is 0.111. The second-order valence-corrected chi connectivity index (χ2v) is 3.64. The number of methoxy groups -OCH3 is 1. The van der Waals surface area contributed by atoms with Crippen LogP contribution < -0.4 is 0 Å². The highest BCUT2D eigenvalue weighted by Gasteiger charge is 2.12. The molecule has 0 saturated heterocycles. The third-order valence-corrected chi connectivity index (χ3v) is 2.24. The predicted molar refractivity (Wildman–Crippen MR) is 58.2 cm³/mol. The van der Waals surface area contributed by atoms with Crippen LogP contribution in [0.4, 0.5) is 0 Å². The van der Waals surface area contributed by atoms with Crippen molar-refractivity contribution in [3.63, 3.8) is 0 Å². The van der Waals surface area contributed by atoms with Gasteiger partial charge < -0.3 is 4.74 Å². The van der Waals surface area contributed by atoms with Gasteiger partial charge in [0.05, 0.1) is 7.11 Å². The molecule has 0 radical (unpaired) electrons. The van der Waals surface area contributed by atoms with Crippen LogP contribution in [0.5, 0.6) is 0 Å². The summed E-state index contributed by atoms with van der Waals surface area (Å²) in [6.07, 6.45) is 1.40. The lowest BCUT2D eigenvalue weighted by Crippen LogP contribution is -2.05. The Hall–Kier alpha value is -1.76. The van der Waals surface area contributed by atoms with Gasteiger partial charge in [0.1, 0.15) is 10.9 Å². The molecule has 16 heavy (non-hydrogen) atoms. The number of esters is 1. The van der Waals surface area contributed by atoms with E-state index in [-0.39, 0.29) is 5.82 Å². The Morgan fingerprint density at radius 2 is 2.31 bits per heavy atom. The van der Waals surface area contributed by atoms with Crippen LogP contribution in [0.1, 0.15) is 10.6 Å². The molecule has 7 heteroatoms. The number of nitrogens with zero attached hydrogens (tertiary/aromatic N) is 4. The summed E-state index contributed by atoms with van der Waals surface area (Å²) in [5, 5.41) is 3.94. The van der Waals surface area contributed by atoms with Crippen LogP contribution in [0.2, 0.25) is 0 Å². The first-order chi connectivity index (χ1) is 7.70. The first kappa shape index (κ1) is 10.7. The molecule has 6 nitrogen and oxygen atoms in total. The first-order valence-corrected chi connectivity index (χ1v) is 5.13. The minimum Gasteiger partial charge on any atom is -0.463 e. The molecule has 0 unspecified atom stereocenters. The average molecular weight is 283 g/mol. The van der Waals surface area contributed by atoms with Gasteiger partial charge >= 0.3 is 5.97 Å². The van der Waals surface area contributed by atoms with Gasteiger partial charge in [0.25, 0.3) is 5.82 Å². The third kappa shape index (κ3) is 2.08. The van der Waals surface area contributed by atoms with Gasteiger partial charge in [-0.05, 0) is 28.1 Å². The van der Waals surface area contributed by atoms with Crippen molar-refractivity contribution in [3.05, 3.63) is 35.0 Å². The Labute approximate surface area is 99.4 Å². The van der Waals surface area contributed by atoms with E-state index in [2.05, 4.69) is 35.7 Å². The van der Waals surface area contributed by atoms with Crippen molar-refractivity contribution >= 4 is 21.9 Å². The fourth-order valence-corrected chi connectivity index (χ4v) is 1.42. The van der Waals surface area contributed by atoms with Gasteiger partial charge in [0.2, 0.25) is 0 Å². The average Bonchev–Trinajstić information content (AvgIpc) is 2.77. The van der Waals surface area contributed by atoms with Gasteiger partial charge in [-0.2, -0.15) is 0 Å². The van der Waals surface area contributed by atoms with Gasteiger partial charge in [-0.1, -0.05) is 6.07 Å². The Morgan fingerprint density at radius 3 is 3.00 bits per heavy atom. The van der Waals surface area contributed by atoms with Gasteiger partial charge in [-0.25, -0.2) is 19.4 Å². The molecule has 0 aromatic carbocycles. The summed E-state index contributed by atoms with van der Waals surface area (Å²) in [6, 6.07) is 5.36. The maximum Gasteiger partial charge on any atom is 0.377 e. The number of carbonyl (C=O) groups is 1. The molecule has 2 rings (SSSR count). The number of pyridine rings is 1. The van der Waals surface area contributed by atoms with Gasteiger partial charge in [-0.3, -0.25) is 0 Å². The Balaban J connectivity index is 2.35. The SMILES string of the molecule is COC(=O)c1ncn(-c2cccc(Br)n2)n1. The van der Waals surface area contributed by atoms with E-state index in [4.69, 9.17) is 0 Å². The van der Waals surface area contributed by atoms with Crippen LogP contribution in [0.25, 0.3) is 5.82 Å². The smallest absolute Gasteiger partial charge is 0.377 e. The number of ether oxygens (including phenoxy) is 1. The molecule has 0 aliphatic carbocycles. The van der Waals surface area contributed by atoms with Crippen LogP contribution in [-0.2, 0) is 4.74 Å². The van der Waals surface area contributed by atoms with Crippen LogP contribution in [0, 0.1) is 0 Å². The highest BCUT2D eigenvalue weighted by molar-refractivity contribution is 9.10. The molecule has 0 atom stereocenters. The van der Waals surface area contributed by atoms with E-state index in [0.717, 1.165) is 0 Å². The van der Waals surface area contributed by atoms with E-state index >= 15 is 0 Å². The van der Waals surface area contributed by atoms with Crippen LogP contribution in [0.15, 0.2) is 29.1 Å². The summed E-state index contributed by atoms with van der Waals surface area (Å²) in [5.74, 6) is -0.00458. The number of hydrogen-bond donors (Lipinski definition) is 0. The molecule has 0 aliphatic rings. The zero-order chi connectivity index (χ0) is 11.5.